The first-order valence-electron chi connectivity index (χ1n) is 6.77. The summed E-state index contributed by atoms with van der Waals surface area (Å²) in [5.41, 5.74) is 0.724. The summed E-state index contributed by atoms with van der Waals surface area (Å²) < 4.78 is 7.23. The van der Waals surface area contributed by atoms with E-state index in [9.17, 15) is 5.11 Å². The van der Waals surface area contributed by atoms with Gasteiger partial charge in [0.25, 0.3) is 0 Å². The molecule has 3 heteroatoms. The first-order valence-corrected chi connectivity index (χ1v) is 7.56. The molecule has 2 rings (SSSR count). The molecule has 0 aromatic heterocycles. The van der Waals surface area contributed by atoms with Crippen molar-refractivity contribution in [3.8, 4) is 5.75 Å². The van der Waals surface area contributed by atoms with E-state index in [-0.39, 0.29) is 5.60 Å². The molecule has 0 spiro atoms. The van der Waals surface area contributed by atoms with E-state index in [0.29, 0.717) is 6.42 Å². The van der Waals surface area contributed by atoms with Gasteiger partial charge in [-0.2, -0.15) is 0 Å². The third kappa shape index (κ3) is 2.72. The van der Waals surface area contributed by atoms with E-state index in [2.05, 4.69) is 29.8 Å². The Hall–Kier alpha value is -0.540. The lowest BCUT2D eigenvalue weighted by molar-refractivity contribution is -0.0241. The zero-order valence-corrected chi connectivity index (χ0v) is 12.7. The second-order valence-electron chi connectivity index (χ2n) is 5.14. The molecule has 0 saturated heterocycles. The third-order valence-corrected chi connectivity index (χ3v) is 4.35. The number of fused-ring (bicyclic) bond motifs is 1. The van der Waals surface area contributed by atoms with Gasteiger partial charge in [-0.25, -0.2) is 0 Å². The van der Waals surface area contributed by atoms with Gasteiger partial charge in [-0.05, 0) is 31.4 Å². The van der Waals surface area contributed by atoms with E-state index in [0.717, 1.165) is 41.5 Å². The van der Waals surface area contributed by atoms with Crippen molar-refractivity contribution in [3.05, 3.63) is 28.2 Å². The Morgan fingerprint density at radius 2 is 2.22 bits per heavy atom. The quantitative estimate of drug-likeness (QED) is 0.880. The van der Waals surface area contributed by atoms with Crippen molar-refractivity contribution in [2.75, 3.05) is 0 Å². The van der Waals surface area contributed by atoms with Crippen molar-refractivity contribution < 1.29 is 9.84 Å². The fourth-order valence-electron chi connectivity index (χ4n) is 2.65. The van der Waals surface area contributed by atoms with Crippen LogP contribution in [-0.4, -0.2) is 10.7 Å². The summed E-state index contributed by atoms with van der Waals surface area (Å²) in [5.74, 6) is 0.834. The van der Waals surface area contributed by atoms with Crippen LogP contribution >= 0.6 is 15.9 Å². The van der Waals surface area contributed by atoms with Crippen LogP contribution < -0.4 is 4.74 Å². The van der Waals surface area contributed by atoms with Gasteiger partial charge in [0.05, 0.1) is 6.10 Å². The van der Waals surface area contributed by atoms with Crippen LogP contribution in [0.25, 0.3) is 0 Å². The summed E-state index contributed by atoms with van der Waals surface area (Å²) in [7, 11) is 0. The number of rotatable bonds is 4. The van der Waals surface area contributed by atoms with Crippen LogP contribution in [0.4, 0.5) is 0 Å². The van der Waals surface area contributed by atoms with E-state index in [4.69, 9.17) is 4.74 Å². The van der Waals surface area contributed by atoms with E-state index >= 15 is 0 Å². The van der Waals surface area contributed by atoms with Gasteiger partial charge in [0.2, 0.25) is 0 Å². The maximum Gasteiger partial charge on any atom is 0.127 e. The molecule has 18 heavy (non-hydrogen) atoms. The number of aliphatic hydroxyl groups excluding tert-OH is 1. The Balaban J connectivity index is 2.29. The molecule has 0 saturated carbocycles. The van der Waals surface area contributed by atoms with Crippen molar-refractivity contribution in [1.82, 2.24) is 0 Å². The minimum Gasteiger partial charge on any atom is -0.487 e. The molecule has 1 aromatic carbocycles. The highest BCUT2D eigenvalue weighted by atomic mass is 79.9. The maximum absolute atomic E-state index is 10.3. The number of hydrogen-bond acceptors (Lipinski definition) is 2. The SMILES string of the molecule is CCCCC1(CC)C[C@@H](O)c2ccc(Br)cc2O1. The predicted octanol–water partition coefficient (Wildman–Crippen LogP) is 4.60. The summed E-state index contributed by atoms with van der Waals surface area (Å²) in [6.07, 6.45) is 4.56. The van der Waals surface area contributed by atoms with Crippen LogP contribution in [0, 0.1) is 0 Å². The second kappa shape index (κ2) is 5.62. The minimum atomic E-state index is -0.404. The highest BCUT2D eigenvalue weighted by Crippen LogP contribution is 2.44. The number of benzene rings is 1. The number of ether oxygens (including phenoxy) is 1. The van der Waals surface area contributed by atoms with Crippen LogP contribution in [0.15, 0.2) is 22.7 Å². The lowest BCUT2D eigenvalue weighted by Crippen LogP contribution is -2.40. The Morgan fingerprint density at radius 3 is 2.89 bits per heavy atom. The standard InChI is InChI=1S/C15H21BrO2/c1-3-5-8-15(4-2)10-13(17)12-7-6-11(16)9-14(12)18-15/h6-7,9,13,17H,3-5,8,10H2,1-2H3/t13-,15?/m1/s1. The molecule has 0 fully saturated rings. The van der Waals surface area contributed by atoms with Crippen LogP contribution in [0.1, 0.15) is 57.6 Å². The summed E-state index contributed by atoms with van der Waals surface area (Å²) in [5, 5.41) is 10.3. The first-order chi connectivity index (χ1) is 8.60. The fraction of sp³-hybridized carbons (Fsp3) is 0.600. The maximum atomic E-state index is 10.3. The average molecular weight is 313 g/mol. The van der Waals surface area contributed by atoms with Gasteiger partial charge in [-0.15, -0.1) is 0 Å². The normalized spacial score (nSPS) is 26.6. The highest BCUT2D eigenvalue weighted by molar-refractivity contribution is 9.10. The molecule has 0 bridgehead atoms. The lowest BCUT2D eigenvalue weighted by Gasteiger charge is -2.40. The lowest BCUT2D eigenvalue weighted by atomic mass is 9.83. The number of hydrogen-bond donors (Lipinski definition) is 1. The van der Waals surface area contributed by atoms with Gasteiger partial charge < -0.3 is 9.84 Å². The Kier molecular flexibility index (Phi) is 4.33. The molecule has 1 aliphatic heterocycles. The van der Waals surface area contributed by atoms with E-state index in [1.165, 1.54) is 0 Å². The molecule has 1 N–H and O–H groups in total. The topological polar surface area (TPSA) is 29.5 Å². The van der Waals surface area contributed by atoms with Gasteiger partial charge in [-0.3, -0.25) is 0 Å². The van der Waals surface area contributed by atoms with Gasteiger partial charge in [0.1, 0.15) is 11.4 Å². The summed E-state index contributed by atoms with van der Waals surface area (Å²) in [4.78, 5) is 0. The minimum absolute atomic E-state index is 0.191. The Morgan fingerprint density at radius 1 is 1.44 bits per heavy atom. The van der Waals surface area contributed by atoms with Crippen molar-refractivity contribution >= 4 is 15.9 Å². The molecule has 2 atom stereocenters. The van der Waals surface area contributed by atoms with Crippen LogP contribution in [-0.2, 0) is 0 Å². The molecular formula is C15H21BrO2. The van der Waals surface area contributed by atoms with Crippen molar-refractivity contribution in [2.24, 2.45) is 0 Å². The number of halogens is 1. The molecule has 1 heterocycles. The molecular weight excluding hydrogens is 292 g/mol. The zero-order valence-electron chi connectivity index (χ0n) is 11.1. The summed E-state index contributed by atoms with van der Waals surface area (Å²) in [6, 6.07) is 5.87. The summed E-state index contributed by atoms with van der Waals surface area (Å²) >= 11 is 3.46. The average Bonchev–Trinajstić information content (AvgIpc) is 2.36. The van der Waals surface area contributed by atoms with E-state index in [1.54, 1.807) is 0 Å². The summed E-state index contributed by atoms with van der Waals surface area (Å²) in [6.45, 7) is 4.33. The van der Waals surface area contributed by atoms with Gasteiger partial charge in [0, 0.05) is 16.5 Å². The molecule has 1 aromatic rings. The predicted molar refractivity (Wildman–Crippen MR) is 76.9 cm³/mol. The van der Waals surface area contributed by atoms with Crippen LogP contribution in [0.5, 0.6) is 5.75 Å². The molecule has 0 amide bonds. The Bertz CT molecular complexity index is 419. The molecule has 1 unspecified atom stereocenters. The van der Waals surface area contributed by atoms with Crippen LogP contribution in [0.3, 0.4) is 0 Å². The molecule has 0 radical (unpaired) electrons. The van der Waals surface area contributed by atoms with E-state index < -0.39 is 6.10 Å². The van der Waals surface area contributed by atoms with Crippen molar-refractivity contribution in [1.29, 1.82) is 0 Å². The monoisotopic (exact) mass is 312 g/mol. The molecule has 1 aliphatic rings. The smallest absolute Gasteiger partial charge is 0.127 e. The third-order valence-electron chi connectivity index (χ3n) is 3.86. The van der Waals surface area contributed by atoms with Crippen molar-refractivity contribution in [2.45, 2.75) is 57.7 Å². The second-order valence-corrected chi connectivity index (χ2v) is 6.06. The van der Waals surface area contributed by atoms with Crippen LogP contribution in [0.2, 0.25) is 0 Å². The van der Waals surface area contributed by atoms with Gasteiger partial charge in [0.15, 0.2) is 0 Å². The number of unbranched alkanes of at least 4 members (excludes halogenated alkanes) is 1. The van der Waals surface area contributed by atoms with Gasteiger partial charge >= 0.3 is 0 Å². The van der Waals surface area contributed by atoms with Gasteiger partial charge in [-0.1, -0.05) is 42.3 Å². The molecule has 100 valence electrons. The fourth-order valence-corrected chi connectivity index (χ4v) is 2.99. The van der Waals surface area contributed by atoms with E-state index in [1.807, 2.05) is 18.2 Å². The largest absolute Gasteiger partial charge is 0.487 e. The first kappa shape index (κ1) is 13.9. The highest BCUT2D eigenvalue weighted by Gasteiger charge is 2.38. The molecule has 0 aliphatic carbocycles. The Labute approximate surface area is 117 Å². The van der Waals surface area contributed by atoms with Crippen molar-refractivity contribution in [3.63, 3.8) is 0 Å². The zero-order chi connectivity index (χ0) is 13.2. The number of aliphatic hydroxyl groups is 1. The molecule has 2 nitrogen and oxygen atoms in total.